The van der Waals surface area contributed by atoms with E-state index < -0.39 is 0 Å². The van der Waals surface area contributed by atoms with Gasteiger partial charge in [0.25, 0.3) is 0 Å². The summed E-state index contributed by atoms with van der Waals surface area (Å²) in [6.45, 7) is 5.90. The molecule has 1 aliphatic rings. The molecular weight excluding hydrogens is 200 g/mol. The average molecular weight is 226 g/mol. The van der Waals surface area contributed by atoms with E-state index in [1.54, 1.807) is 7.11 Å². The van der Waals surface area contributed by atoms with E-state index in [1.807, 2.05) is 6.92 Å². The van der Waals surface area contributed by atoms with Gasteiger partial charge in [0.15, 0.2) is 0 Å². The van der Waals surface area contributed by atoms with Crippen molar-refractivity contribution in [2.24, 2.45) is 0 Å². The summed E-state index contributed by atoms with van der Waals surface area (Å²) in [6.07, 6.45) is 8.25. The second-order valence-electron chi connectivity index (χ2n) is 5.19. The maximum atomic E-state index is 10.3. The zero-order valence-corrected chi connectivity index (χ0v) is 10.8. The first kappa shape index (κ1) is 13.7. The summed E-state index contributed by atoms with van der Waals surface area (Å²) >= 11 is 0. The van der Waals surface area contributed by atoms with Crippen LogP contribution < -0.4 is 0 Å². The molecule has 16 heavy (non-hydrogen) atoms. The van der Waals surface area contributed by atoms with Crippen LogP contribution in [0.5, 0.6) is 0 Å². The lowest BCUT2D eigenvalue weighted by Crippen LogP contribution is -2.43. The number of methoxy groups -OCH3 is 1. The molecule has 0 spiro atoms. The van der Waals surface area contributed by atoms with Crippen molar-refractivity contribution in [2.75, 3.05) is 7.11 Å². The zero-order chi connectivity index (χ0) is 12.0. The number of aliphatic hydroxyl groups is 1. The minimum absolute atomic E-state index is 0.286. The van der Waals surface area contributed by atoms with E-state index in [0.29, 0.717) is 0 Å². The Morgan fingerprint density at radius 3 is 2.31 bits per heavy atom. The number of hydrogen-bond donors (Lipinski definition) is 1. The Labute approximate surface area is 99.7 Å². The molecule has 2 heteroatoms. The first-order valence-corrected chi connectivity index (χ1v) is 6.48. The second kappa shape index (κ2) is 6.41. The Balaban J connectivity index is 2.57. The zero-order valence-electron chi connectivity index (χ0n) is 10.8. The molecule has 1 unspecified atom stereocenters. The second-order valence-corrected chi connectivity index (χ2v) is 5.19. The van der Waals surface area contributed by atoms with E-state index in [-0.39, 0.29) is 11.7 Å². The van der Waals surface area contributed by atoms with Crippen molar-refractivity contribution >= 4 is 0 Å². The van der Waals surface area contributed by atoms with E-state index in [0.717, 1.165) is 31.3 Å². The molecule has 1 fully saturated rings. The van der Waals surface area contributed by atoms with Crippen molar-refractivity contribution in [3.63, 3.8) is 0 Å². The highest BCUT2D eigenvalue weighted by atomic mass is 16.5. The molecule has 0 saturated heterocycles. The molecule has 1 atom stereocenters. The molecular formula is C14H26O2. The summed E-state index contributed by atoms with van der Waals surface area (Å²) in [5.41, 5.74) is 0.852. The van der Waals surface area contributed by atoms with Crippen molar-refractivity contribution in [1.29, 1.82) is 0 Å². The lowest BCUT2D eigenvalue weighted by Gasteiger charge is -2.36. The van der Waals surface area contributed by atoms with Gasteiger partial charge in [-0.05, 0) is 32.6 Å². The van der Waals surface area contributed by atoms with Gasteiger partial charge in [-0.25, -0.2) is 0 Å². The van der Waals surface area contributed by atoms with Gasteiger partial charge in [-0.15, -0.1) is 6.58 Å². The Bertz CT molecular complexity index is 215. The van der Waals surface area contributed by atoms with Gasteiger partial charge >= 0.3 is 0 Å². The Kier molecular flexibility index (Phi) is 5.50. The standard InChI is InChI=1S/C14H26O2/c1-12(2)8-9-13(15)14(16-3)10-6-4-5-7-11-14/h13,15H,1,4-11H2,2-3H3. The third kappa shape index (κ3) is 3.60. The van der Waals surface area contributed by atoms with Crippen molar-refractivity contribution in [3.8, 4) is 0 Å². The Morgan fingerprint density at radius 1 is 1.31 bits per heavy atom. The van der Waals surface area contributed by atoms with Crippen LogP contribution in [0.3, 0.4) is 0 Å². The first-order chi connectivity index (χ1) is 7.60. The fourth-order valence-electron chi connectivity index (χ4n) is 2.65. The lowest BCUT2D eigenvalue weighted by atomic mass is 9.85. The fraction of sp³-hybridized carbons (Fsp3) is 0.857. The smallest absolute Gasteiger partial charge is 0.0936 e. The summed E-state index contributed by atoms with van der Waals surface area (Å²) in [5.74, 6) is 0. The SMILES string of the molecule is C=C(C)CCC(O)C1(OC)CCCCCC1. The normalized spacial score (nSPS) is 22.4. The van der Waals surface area contributed by atoms with E-state index in [9.17, 15) is 5.11 Å². The third-order valence-electron chi connectivity index (χ3n) is 3.81. The van der Waals surface area contributed by atoms with Crippen molar-refractivity contribution in [1.82, 2.24) is 0 Å². The predicted octanol–water partition coefficient (Wildman–Crippen LogP) is 3.44. The monoisotopic (exact) mass is 226 g/mol. The van der Waals surface area contributed by atoms with Crippen molar-refractivity contribution < 1.29 is 9.84 Å². The van der Waals surface area contributed by atoms with Crippen LogP contribution in [-0.2, 0) is 4.74 Å². The van der Waals surface area contributed by atoms with Gasteiger partial charge in [0, 0.05) is 7.11 Å². The van der Waals surface area contributed by atoms with Gasteiger partial charge in [-0.3, -0.25) is 0 Å². The molecule has 1 aliphatic carbocycles. The largest absolute Gasteiger partial charge is 0.390 e. The van der Waals surface area contributed by atoms with Gasteiger partial charge in [-0.2, -0.15) is 0 Å². The summed E-state index contributed by atoms with van der Waals surface area (Å²) in [7, 11) is 1.75. The first-order valence-electron chi connectivity index (χ1n) is 6.48. The lowest BCUT2D eigenvalue weighted by molar-refractivity contribution is -0.113. The van der Waals surface area contributed by atoms with Crippen molar-refractivity contribution in [2.45, 2.75) is 70.0 Å². The molecule has 0 bridgehead atoms. The van der Waals surface area contributed by atoms with Crippen molar-refractivity contribution in [3.05, 3.63) is 12.2 Å². The molecule has 2 nitrogen and oxygen atoms in total. The minimum atomic E-state index is -0.340. The minimum Gasteiger partial charge on any atom is -0.390 e. The number of rotatable bonds is 5. The molecule has 94 valence electrons. The average Bonchev–Trinajstić information content (AvgIpc) is 2.51. The molecule has 1 saturated carbocycles. The topological polar surface area (TPSA) is 29.5 Å². The van der Waals surface area contributed by atoms with Gasteiger partial charge in [0.1, 0.15) is 0 Å². The highest BCUT2D eigenvalue weighted by Gasteiger charge is 2.37. The molecule has 0 radical (unpaired) electrons. The highest BCUT2D eigenvalue weighted by molar-refractivity contribution is 4.94. The maximum Gasteiger partial charge on any atom is 0.0936 e. The Morgan fingerprint density at radius 2 is 1.88 bits per heavy atom. The van der Waals surface area contributed by atoms with Crippen LogP contribution in [0.2, 0.25) is 0 Å². The third-order valence-corrected chi connectivity index (χ3v) is 3.81. The number of allylic oxidation sites excluding steroid dienone is 1. The van der Waals surface area contributed by atoms with Gasteiger partial charge < -0.3 is 9.84 Å². The molecule has 0 amide bonds. The molecule has 0 aliphatic heterocycles. The van der Waals surface area contributed by atoms with Crippen LogP contribution in [0.25, 0.3) is 0 Å². The summed E-state index contributed by atoms with van der Waals surface area (Å²) < 4.78 is 5.67. The highest BCUT2D eigenvalue weighted by Crippen LogP contribution is 2.34. The van der Waals surface area contributed by atoms with E-state index in [4.69, 9.17) is 4.74 Å². The van der Waals surface area contributed by atoms with Crippen LogP contribution in [0.15, 0.2) is 12.2 Å². The van der Waals surface area contributed by atoms with Crippen LogP contribution >= 0.6 is 0 Å². The quantitative estimate of drug-likeness (QED) is 0.575. The van der Waals surface area contributed by atoms with E-state index >= 15 is 0 Å². The number of hydrogen-bond acceptors (Lipinski definition) is 2. The number of ether oxygens (including phenoxy) is 1. The maximum absolute atomic E-state index is 10.3. The summed E-state index contributed by atoms with van der Waals surface area (Å²) in [4.78, 5) is 0. The van der Waals surface area contributed by atoms with Gasteiger partial charge in [-0.1, -0.05) is 31.3 Å². The molecule has 1 N–H and O–H groups in total. The van der Waals surface area contributed by atoms with Crippen LogP contribution in [0.4, 0.5) is 0 Å². The van der Waals surface area contributed by atoms with E-state index in [2.05, 4.69) is 6.58 Å². The Hall–Kier alpha value is -0.340. The number of aliphatic hydroxyl groups excluding tert-OH is 1. The fourth-order valence-corrected chi connectivity index (χ4v) is 2.65. The molecule has 0 aromatic carbocycles. The molecule has 1 rings (SSSR count). The molecule has 0 aromatic heterocycles. The van der Waals surface area contributed by atoms with Crippen LogP contribution in [0, 0.1) is 0 Å². The predicted molar refractivity (Wildman–Crippen MR) is 67.5 cm³/mol. The molecule has 0 heterocycles. The van der Waals surface area contributed by atoms with Gasteiger partial charge in [0.2, 0.25) is 0 Å². The van der Waals surface area contributed by atoms with Gasteiger partial charge in [0.05, 0.1) is 11.7 Å². The van der Waals surface area contributed by atoms with E-state index in [1.165, 1.54) is 25.7 Å². The summed E-state index contributed by atoms with van der Waals surface area (Å²) in [6, 6.07) is 0. The van der Waals surface area contributed by atoms with Crippen LogP contribution in [-0.4, -0.2) is 23.9 Å². The van der Waals surface area contributed by atoms with Crippen LogP contribution in [0.1, 0.15) is 58.3 Å². The molecule has 0 aromatic rings. The summed E-state index contributed by atoms with van der Waals surface area (Å²) in [5, 5.41) is 10.3.